The zero-order valence-electron chi connectivity index (χ0n) is 9.40. The van der Waals surface area contributed by atoms with Gasteiger partial charge in [0.05, 0.1) is 17.5 Å². The van der Waals surface area contributed by atoms with E-state index in [1.807, 2.05) is 17.7 Å². The number of nitrogens with zero attached hydrogens (tertiary/aromatic N) is 2. The van der Waals surface area contributed by atoms with Gasteiger partial charge in [0.25, 0.3) is 0 Å². The van der Waals surface area contributed by atoms with Crippen LogP contribution in [-0.2, 0) is 13.0 Å². The predicted molar refractivity (Wildman–Crippen MR) is 60.3 cm³/mol. The summed E-state index contributed by atoms with van der Waals surface area (Å²) in [4.78, 5) is 0. The van der Waals surface area contributed by atoms with Crippen LogP contribution in [0.1, 0.15) is 44.2 Å². The molecule has 1 rings (SSSR count). The first-order valence-corrected chi connectivity index (χ1v) is 5.41. The monoisotopic (exact) mass is 206 g/mol. The molecular formula is C12H18N2O. The van der Waals surface area contributed by atoms with E-state index in [4.69, 9.17) is 6.42 Å². The normalized spacial score (nSPS) is 12.4. The fourth-order valence-corrected chi connectivity index (χ4v) is 1.55. The maximum Gasteiger partial charge on any atom is 0.0965 e. The Kier molecular flexibility index (Phi) is 4.38. The fraction of sp³-hybridized carbons (Fsp3) is 0.583. The summed E-state index contributed by atoms with van der Waals surface area (Å²) < 4.78 is 1.85. The molecule has 1 aromatic rings. The highest BCUT2D eigenvalue weighted by atomic mass is 16.3. The number of rotatable bonds is 5. The highest BCUT2D eigenvalue weighted by Crippen LogP contribution is 2.19. The second-order valence-electron chi connectivity index (χ2n) is 3.49. The van der Waals surface area contributed by atoms with Crippen molar-refractivity contribution in [1.82, 2.24) is 9.78 Å². The second kappa shape index (κ2) is 5.57. The van der Waals surface area contributed by atoms with Gasteiger partial charge in [0.15, 0.2) is 0 Å². The number of hydrogen-bond donors (Lipinski definition) is 1. The summed E-state index contributed by atoms with van der Waals surface area (Å²) >= 11 is 0. The molecule has 82 valence electrons. The maximum atomic E-state index is 9.92. The molecule has 1 heterocycles. The molecule has 0 amide bonds. The number of terminal acetylenes is 1. The van der Waals surface area contributed by atoms with Crippen molar-refractivity contribution in [3.05, 3.63) is 17.5 Å². The van der Waals surface area contributed by atoms with Gasteiger partial charge in [0, 0.05) is 13.0 Å². The van der Waals surface area contributed by atoms with E-state index < -0.39 is 6.10 Å². The van der Waals surface area contributed by atoms with E-state index in [1.165, 1.54) is 0 Å². The summed E-state index contributed by atoms with van der Waals surface area (Å²) in [5.74, 6) is 2.54. The van der Waals surface area contributed by atoms with Crippen molar-refractivity contribution in [2.24, 2.45) is 0 Å². The Labute approximate surface area is 91.1 Å². The first-order chi connectivity index (χ1) is 7.22. The quantitative estimate of drug-likeness (QED) is 0.747. The zero-order chi connectivity index (χ0) is 11.3. The average molecular weight is 206 g/mol. The summed E-state index contributed by atoms with van der Waals surface area (Å²) in [5.41, 5.74) is 1.90. The molecule has 0 aromatic carbocycles. The summed E-state index contributed by atoms with van der Waals surface area (Å²) in [6.45, 7) is 4.85. The molecule has 0 aliphatic heterocycles. The molecule has 3 nitrogen and oxygen atoms in total. The molecule has 15 heavy (non-hydrogen) atoms. The average Bonchev–Trinajstić information content (AvgIpc) is 2.69. The summed E-state index contributed by atoms with van der Waals surface area (Å²) in [5, 5.41) is 14.3. The molecule has 1 atom stereocenters. The van der Waals surface area contributed by atoms with Crippen LogP contribution in [0.15, 0.2) is 6.07 Å². The molecule has 1 N–H and O–H groups in total. The van der Waals surface area contributed by atoms with Gasteiger partial charge in [-0.3, -0.25) is 4.68 Å². The Morgan fingerprint density at radius 2 is 2.33 bits per heavy atom. The molecule has 0 spiro atoms. The highest BCUT2D eigenvalue weighted by molar-refractivity contribution is 5.13. The van der Waals surface area contributed by atoms with E-state index in [0.717, 1.165) is 24.4 Å². The van der Waals surface area contributed by atoms with Crippen LogP contribution in [0.4, 0.5) is 0 Å². The van der Waals surface area contributed by atoms with Crippen LogP contribution in [0, 0.1) is 12.3 Å². The first-order valence-electron chi connectivity index (χ1n) is 5.41. The molecular weight excluding hydrogens is 188 g/mol. The van der Waals surface area contributed by atoms with Crippen LogP contribution in [0.3, 0.4) is 0 Å². The number of aryl methyl sites for hydroxylation is 2. The van der Waals surface area contributed by atoms with Crippen LogP contribution in [-0.4, -0.2) is 14.9 Å². The van der Waals surface area contributed by atoms with Gasteiger partial charge < -0.3 is 5.11 Å². The van der Waals surface area contributed by atoms with Crippen molar-refractivity contribution in [2.45, 2.75) is 45.8 Å². The lowest BCUT2D eigenvalue weighted by atomic mass is 10.1. The number of aliphatic hydroxyl groups is 1. The molecule has 3 heteroatoms. The Bertz CT molecular complexity index is 349. The third-order valence-corrected chi connectivity index (χ3v) is 2.43. The van der Waals surface area contributed by atoms with Crippen LogP contribution < -0.4 is 0 Å². The molecule has 1 unspecified atom stereocenters. The van der Waals surface area contributed by atoms with E-state index >= 15 is 0 Å². The molecule has 0 saturated heterocycles. The molecule has 0 aliphatic carbocycles. The molecule has 0 fully saturated rings. The van der Waals surface area contributed by atoms with Crippen molar-refractivity contribution in [2.75, 3.05) is 0 Å². The van der Waals surface area contributed by atoms with Gasteiger partial charge in [-0.2, -0.15) is 5.10 Å². The van der Waals surface area contributed by atoms with Crippen LogP contribution in [0.2, 0.25) is 0 Å². The molecule has 0 radical (unpaired) electrons. The van der Waals surface area contributed by atoms with Gasteiger partial charge in [0.1, 0.15) is 0 Å². The maximum absolute atomic E-state index is 9.92. The SMILES string of the molecule is C#CCCC(O)c1cc(CC)nn1CC. The summed E-state index contributed by atoms with van der Waals surface area (Å²) in [6.07, 6.45) is 6.77. The Morgan fingerprint density at radius 1 is 1.60 bits per heavy atom. The topological polar surface area (TPSA) is 38.1 Å². The summed E-state index contributed by atoms with van der Waals surface area (Å²) in [6, 6.07) is 1.96. The molecule has 0 aliphatic rings. The van der Waals surface area contributed by atoms with E-state index in [2.05, 4.69) is 17.9 Å². The van der Waals surface area contributed by atoms with Crippen molar-refractivity contribution in [1.29, 1.82) is 0 Å². The lowest BCUT2D eigenvalue weighted by Gasteiger charge is -2.10. The van der Waals surface area contributed by atoms with Gasteiger partial charge >= 0.3 is 0 Å². The van der Waals surface area contributed by atoms with Gasteiger partial charge in [-0.05, 0) is 25.8 Å². The van der Waals surface area contributed by atoms with Crippen molar-refractivity contribution >= 4 is 0 Å². The Balaban J connectivity index is 2.82. The summed E-state index contributed by atoms with van der Waals surface area (Å²) in [7, 11) is 0. The van der Waals surface area contributed by atoms with Crippen LogP contribution in [0.5, 0.6) is 0 Å². The number of aliphatic hydroxyl groups excluding tert-OH is 1. The third kappa shape index (κ3) is 2.84. The van der Waals surface area contributed by atoms with E-state index in [9.17, 15) is 5.11 Å². The van der Waals surface area contributed by atoms with Crippen molar-refractivity contribution in [3.8, 4) is 12.3 Å². The van der Waals surface area contributed by atoms with Crippen LogP contribution in [0.25, 0.3) is 0 Å². The van der Waals surface area contributed by atoms with Crippen molar-refractivity contribution in [3.63, 3.8) is 0 Å². The van der Waals surface area contributed by atoms with Crippen molar-refractivity contribution < 1.29 is 5.11 Å². The minimum atomic E-state index is -0.492. The minimum absolute atomic E-state index is 0.492. The highest BCUT2D eigenvalue weighted by Gasteiger charge is 2.13. The van der Waals surface area contributed by atoms with E-state index in [0.29, 0.717) is 12.8 Å². The van der Waals surface area contributed by atoms with Gasteiger partial charge in [0.2, 0.25) is 0 Å². The smallest absolute Gasteiger partial charge is 0.0965 e. The Morgan fingerprint density at radius 3 is 2.87 bits per heavy atom. The molecule has 0 saturated carbocycles. The van der Waals surface area contributed by atoms with Gasteiger partial charge in [-0.15, -0.1) is 12.3 Å². The molecule has 0 bridgehead atoms. The zero-order valence-corrected chi connectivity index (χ0v) is 9.40. The standard InChI is InChI=1S/C12H18N2O/c1-4-7-8-12(15)11-9-10(5-2)13-14(11)6-3/h1,9,12,15H,5-8H2,2-3H3. The van der Waals surface area contributed by atoms with Gasteiger partial charge in [-0.25, -0.2) is 0 Å². The first kappa shape index (κ1) is 11.8. The second-order valence-corrected chi connectivity index (χ2v) is 3.49. The fourth-order valence-electron chi connectivity index (χ4n) is 1.55. The molecule has 1 aromatic heterocycles. The Hall–Kier alpha value is -1.27. The number of hydrogen-bond acceptors (Lipinski definition) is 2. The van der Waals surface area contributed by atoms with Crippen LogP contribution >= 0.6 is 0 Å². The van der Waals surface area contributed by atoms with E-state index in [-0.39, 0.29) is 0 Å². The van der Waals surface area contributed by atoms with Gasteiger partial charge in [-0.1, -0.05) is 6.92 Å². The van der Waals surface area contributed by atoms with E-state index in [1.54, 1.807) is 0 Å². The minimum Gasteiger partial charge on any atom is -0.387 e. The third-order valence-electron chi connectivity index (χ3n) is 2.43. The largest absolute Gasteiger partial charge is 0.387 e. The lowest BCUT2D eigenvalue weighted by molar-refractivity contribution is 0.158. The lowest BCUT2D eigenvalue weighted by Crippen LogP contribution is -2.07. The number of aromatic nitrogens is 2. The predicted octanol–water partition coefficient (Wildman–Crippen LogP) is 1.91.